The molecule has 2 N–H and O–H groups in total. The third-order valence-corrected chi connectivity index (χ3v) is 2.97. The topological polar surface area (TPSA) is 69.4 Å². The number of primary amides is 1. The zero-order valence-electron chi connectivity index (χ0n) is 13.4. The summed E-state index contributed by atoms with van der Waals surface area (Å²) in [5.41, 5.74) is 4.70. The summed E-state index contributed by atoms with van der Waals surface area (Å²) in [5.74, 6) is -0.295. The first-order valence-corrected chi connectivity index (χ1v) is 7.81. The first kappa shape index (κ1) is 18.9. The molecule has 0 spiro atoms. The smallest absolute Gasteiger partial charge is 0.306 e. The average Bonchev–Trinajstić information content (AvgIpc) is 2.28. The van der Waals surface area contributed by atoms with Gasteiger partial charge < -0.3 is 10.5 Å². The molecule has 0 aromatic heterocycles. The molecule has 0 aliphatic heterocycles. The van der Waals surface area contributed by atoms with Crippen molar-refractivity contribution in [1.29, 1.82) is 0 Å². The summed E-state index contributed by atoms with van der Waals surface area (Å²) in [7, 11) is 0. The maximum Gasteiger partial charge on any atom is 0.306 e. The van der Waals surface area contributed by atoms with Crippen molar-refractivity contribution in [3.63, 3.8) is 0 Å². The van der Waals surface area contributed by atoms with Crippen LogP contribution in [0, 0.1) is 0 Å². The van der Waals surface area contributed by atoms with Gasteiger partial charge in [0.2, 0.25) is 5.91 Å². The highest BCUT2D eigenvalue weighted by molar-refractivity contribution is 5.73. The third-order valence-electron chi connectivity index (χ3n) is 2.97. The van der Waals surface area contributed by atoms with Crippen LogP contribution >= 0.6 is 0 Å². The Balaban J connectivity index is 3.25. The third kappa shape index (κ3) is 15.0. The van der Waals surface area contributed by atoms with E-state index in [0.717, 1.165) is 25.7 Å². The number of hydrogen-bond donors (Lipinski definition) is 1. The minimum atomic E-state index is -0.373. The number of amides is 1. The van der Waals surface area contributed by atoms with Gasteiger partial charge in [-0.25, -0.2) is 0 Å². The summed E-state index contributed by atoms with van der Waals surface area (Å²) in [6, 6.07) is 0. The number of hydrogen-bond acceptors (Lipinski definition) is 3. The molecule has 4 nitrogen and oxygen atoms in total. The van der Waals surface area contributed by atoms with Gasteiger partial charge in [-0.2, -0.15) is 0 Å². The number of unbranched alkanes of at least 4 members (excludes halogenated alkanes) is 7. The number of carbonyl (C=O) groups is 2. The van der Waals surface area contributed by atoms with Gasteiger partial charge in [0, 0.05) is 12.8 Å². The van der Waals surface area contributed by atoms with Gasteiger partial charge in [0.25, 0.3) is 0 Å². The van der Waals surface area contributed by atoms with Gasteiger partial charge in [-0.3, -0.25) is 9.59 Å². The molecule has 1 amide bonds. The number of esters is 1. The first-order valence-electron chi connectivity index (χ1n) is 7.81. The Morgan fingerprint density at radius 1 is 0.800 bits per heavy atom. The molecular formula is C16H31NO3. The van der Waals surface area contributed by atoms with Crippen molar-refractivity contribution in [2.75, 3.05) is 0 Å². The molecule has 0 heterocycles. The Morgan fingerprint density at radius 3 is 1.60 bits per heavy atom. The fourth-order valence-electron chi connectivity index (χ4n) is 2.02. The molecule has 0 aliphatic rings. The van der Waals surface area contributed by atoms with Gasteiger partial charge in [-0.15, -0.1) is 0 Å². The van der Waals surface area contributed by atoms with Crippen LogP contribution in [0.15, 0.2) is 0 Å². The van der Waals surface area contributed by atoms with E-state index >= 15 is 0 Å². The second kappa shape index (κ2) is 10.7. The fourth-order valence-corrected chi connectivity index (χ4v) is 2.02. The van der Waals surface area contributed by atoms with Crippen molar-refractivity contribution in [2.24, 2.45) is 5.73 Å². The predicted molar refractivity (Wildman–Crippen MR) is 81.2 cm³/mol. The summed E-state index contributed by atoms with van der Waals surface area (Å²) >= 11 is 0. The van der Waals surface area contributed by atoms with E-state index in [4.69, 9.17) is 10.5 Å². The largest absolute Gasteiger partial charge is 0.460 e. The van der Waals surface area contributed by atoms with Gasteiger partial charge in [0.05, 0.1) is 0 Å². The van der Waals surface area contributed by atoms with Crippen molar-refractivity contribution in [2.45, 2.75) is 90.6 Å². The molecule has 4 heteroatoms. The highest BCUT2D eigenvalue weighted by Crippen LogP contribution is 2.13. The van der Waals surface area contributed by atoms with Crippen LogP contribution in [-0.4, -0.2) is 17.5 Å². The van der Waals surface area contributed by atoms with E-state index in [1.807, 2.05) is 20.8 Å². The van der Waals surface area contributed by atoms with E-state index in [1.165, 1.54) is 25.7 Å². The summed E-state index contributed by atoms with van der Waals surface area (Å²) in [6.45, 7) is 5.68. The Morgan fingerprint density at radius 2 is 1.20 bits per heavy atom. The zero-order chi connectivity index (χ0) is 15.4. The van der Waals surface area contributed by atoms with Gasteiger partial charge in [0.15, 0.2) is 0 Å². The minimum absolute atomic E-state index is 0.0936. The van der Waals surface area contributed by atoms with Crippen LogP contribution in [0.4, 0.5) is 0 Å². The number of rotatable bonds is 11. The molecule has 0 bridgehead atoms. The standard InChI is InChI=1S/C16H31NO3/c1-16(2,3)20-15(19)13-11-9-7-5-4-6-8-10-12-14(17)18/h4-13H2,1-3H3,(H2,17,18). The summed E-state index contributed by atoms with van der Waals surface area (Å²) in [5, 5.41) is 0. The van der Waals surface area contributed by atoms with E-state index in [-0.39, 0.29) is 17.5 Å². The van der Waals surface area contributed by atoms with Crippen LogP contribution in [0.1, 0.15) is 85.0 Å². The van der Waals surface area contributed by atoms with Crippen LogP contribution < -0.4 is 5.73 Å². The number of ether oxygens (including phenoxy) is 1. The molecule has 0 aromatic carbocycles. The molecule has 118 valence electrons. The van der Waals surface area contributed by atoms with Crippen molar-refractivity contribution < 1.29 is 14.3 Å². The molecule has 0 saturated carbocycles. The van der Waals surface area contributed by atoms with Crippen molar-refractivity contribution in [1.82, 2.24) is 0 Å². The lowest BCUT2D eigenvalue weighted by Gasteiger charge is -2.19. The molecule has 20 heavy (non-hydrogen) atoms. The molecular weight excluding hydrogens is 254 g/mol. The van der Waals surface area contributed by atoms with Crippen molar-refractivity contribution >= 4 is 11.9 Å². The maximum absolute atomic E-state index is 11.5. The molecule has 0 fully saturated rings. The monoisotopic (exact) mass is 285 g/mol. The second-order valence-corrected chi connectivity index (χ2v) is 6.38. The SMILES string of the molecule is CC(C)(C)OC(=O)CCCCCCCCCCC(N)=O. The molecule has 0 saturated heterocycles. The number of nitrogens with two attached hydrogens (primary N) is 1. The average molecular weight is 285 g/mol. The zero-order valence-corrected chi connectivity index (χ0v) is 13.4. The van der Waals surface area contributed by atoms with Crippen LogP contribution in [0.5, 0.6) is 0 Å². The highest BCUT2D eigenvalue weighted by Gasteiger charge is 2.15. The molecule has 0 atom stereocenters. The van der Waals surface area contributed by atoms with Gasteiger partial charge in [-0.05, 0) is 33.6 Å². The number of carbonyl (C=O) groups excluding carboxylic acids is 2. The fraction of sp³-hybridized carbons (Fsp3) is 0.875. The van der Waals surface area contributed by atoms with Crippen LogP contribution in [0.3, 0.4) is 0 Å². The molecule has 0 radical (unpaired) electrons. The van der Waals surface area contributed by atoms with E-state index in [0.29, 0.717) is 12.8 Å². The van der Waals surface area contributed by atoms with Crippen molar-refractivity contribution in [3.8, 4) is 0 Å². The molecule has 0 rings (SSSR count). The van der Waals surface area contributed by atoms with Crippen LogP contribution in [0.2, 0.25) is 0 Å². The normalized spacial score (nSPS) is 11.3. The van der Waals surface area contributed by atoms with Gasteiger partial charge in [0.1, 0.15) is 5.60 Å². The van der Waals surface area contributed by atoms with Crippen LogP contribution in [-0.2, 0) is 14.3 Å². The first-order chi connectivity index (χ1) is 9.31. The van der Waals surface area contributed by atoms with Gasteiger partial charge in [-0.1, -0.05) is 38.5 Å². The predicted octanol–water partition coefficient (Wildman–Crippen LogP) is 3.71. The Bertz CT molecular complexity index is 282. The lowest BCUT2D eigenvalue weighted by Crippen LogP contribution is -2.23. The summed E-state index contributed by atoms with van der Waals surface area (Å²) in [6.07, 6.45) is 9.76. The Kier molecular flexibility index (Phi) is 10.1. The van der Waals surface area contributed by atoms with E-state index in [1.54, 1.807) is 0 Å². The summed E-state index contributed by atoms with van der Waals surface area (Å²) in [4.78, 5) is 22.0. The van der Waals surface area contributed by atoms with E-state index in [9.17, 15) is 9.59 Å². The highest BCUT2D eigenvalue weighted by atomic mass is 16.6. The molecule has 0 aromatic rings. The lowest BCUT2D eigenvalue weighted by atomic mass is 10.1. The summed E-state index contributed by atoms with van der Waals surface area (Å²) < 4.78 is 5.25. The quantitative estimate of drug-likeness (QED) is 0.464. The molecule has 0 unspecified atom stereocenters. The minimum Gasteiger partial charge on any atom is -0.460 e. The van der Waals surface area contributed by atoms with E-state index in [2.05, 4.69) is 0 Å². The molecule has 0 aliphatic carbocycles. The van der Waals surface area contributed by atoms with E-state index < -0.39 is 0 Å². The Labute approximate surface area is 123 Å². The van der Waals surface area contributed by atoms with Crippen molar-refractivity contribution in [3.05, 3.63) is 0 Å². The maximum atomic E-state index is 11.5. The van der Waals surface area contributed by atoms with Crippen LogP contribution in [0.25, 0.3) is 0 Å². The lowest BCUT2D eigenvalue weighted by molar-refractivity contribution is -0.154. The van der Waals surface area contributed by atoms with Gasteiger partial charge >= 0.3 is 5.97 Å². The Hall–Kier alpha value is -1.06. The second-order valence-electron chi connectivity index (χ2n) is 6.38.